The molecule has 0 aliphatic heterocycles. The molecule has 3 rings (SSSR count). The fourth-order valence-corrected chi connectivity index (χ4v) is 2.27. The van der Waals surface area contributed by atoms with E-state index in [1.165, 1.54) is 6.20 Å². The van der Waals surface area contributed by atoms with Gasteiger partial charge in [0.2, 0.25) is 0 Å². The molecule has 2 aromatic carbocycles. The lowest BCUT2D eigenvalue weighted by Gasteiger charge is -2.08. The summed E-state index contributed by atoms with van der Waals surface area (Å²) in [5.41, 5.74) is 11.2. The van der Waals surface area contributed by atoms with Gasteiger partial charge in [-0.3, -0.25) is 4.79 Å². The molecular weight excluding hydrogens is 306 g/mol. The monoisotopic (exact) mass is 321 g/mol. The van der Waals surface area contributed by atoms with Gasteiger partial charge in [-0.2, -0.15) is 4.99 Å². The highest BCUT2D eigenvalue weighted by Crippen LogP contribution is 2.25. The summed E-state index contributed by atoms with van der Waals surface area (Å²) in [6, 6.07) is 13.9. The second-order valence-electron chi connectivity index (χ2n) is 5.11. The zero-order valence-corrected chi connectivity index (χ0v) is 12.6. The summed E-state index contributed by atoms with van der Waals surface area (Å²) in [4.78, 5) is 20.2. The molecule has 0 aliphatic carbocycles. The number of carbonyl (C=O) groups excluding carboxylic acids is 1. The number of amides is 1. The predicted octanol–water partition coefficient (Wildman–Crippen LogP) is 2.10. The van der Waals surface area contributed by atoms with Crippen LogP contribution in [0.5, 0.6) is 5.75 Å². The van der Waals surface area contributed by atoms with E-state index in [1.807, 2.05) is 24.3 Å². The topological polar surface area (TPSA) is 127 Å². The lowest BCUT2D eigenvalue weighted by molar-refractivity contribution is 0.102. The highest BCUT2D eigenvalue weighted by Gasteiger charge is 2.13. The number of hydrogen-bond acceptors (Lipinski definition) is 4. The third kappa shape index (κ3) is 3.25. The van der Waals surface area contributed by atoms with Gasteiger partial charge in [0.15, 0.2) is 11.8 Å². The van der Waals surface area contributed by atoms with Crippen molar-refractivity contribution in [2.45, 2.75) is 0 Å². The van der Waals surface area contributed by atoms with E-state index in [0.717, 1.165) is 10.8 Å². The fraction of sp³-hybridized carbons (Fsp3) is 0. The number of hydrogen-bond donors (Lipinski definition) is 4. The zero-order valence-electron chi connectivity index (χ0n) is 12.6. The number of aliphatic imine (C=N–C) groups is 1. The average molecular weight is 321 g/mol. The number of benzene rings is 2. The van der Waals surface area contributed by atoms with Crippen LogP contribution in [-0.4, -0.2) is 22.0 Å². The molecule has 1 heterocycles. The summed E-state index contributed by atoms with van der Waals surface area (Å²) in [6.07, 6.45) is 1.43. The van der Waals surface area contributed by atoms with Crippen LogP contribution in [0, 0.1) is 0 Å². The Labute approximate surface area is 137 Å². The molecule has 3 aromatic rings. The van der Waals surface area contributed by atoms with Crippen LogP contribution in [0.15, 0.2) is 59.7 Å². The van der Waals surface area contributed by atoms with Crippen LogP contribution in [0.3, 0.4) is 0 Å². The van der Waals surface area contributed by atoms with E-state index in [9.17, 15) is 9.90 Å². The van der Waals surface area contributed by atoms with Crippen molar-refractivity contribution >= 4 is 34.1 Å². The van der Waals surface area contributed by atoms with Gasteiger partial charge in [0.05, 0.1) is 17.4 Å². The lowest BCUT2D eigenvalue weighted by Crippen LogP contribution is -2.22. The molecule has 7 nitrogen and oxygen atoms in total. The van der Waals surface area contributed by atoms with Crippen LogP contribution in [0.1, 0.15) is 10.4 Å². The smallest absolute Gasteiger partial charge is 0.259 e. The fourth-order valence-electron chi connectivity index (χ4n) is 2.27. The number of aromatic hydroxyl groups is 1. The van der Waals surface area contributed by atoms with Crippen LogP contribution in [0.2, 0.25) is 0 Å². The third-order valence-corrected chi connectivity index (χ3v) is 3.36. The number of anilines is 1. The maximum atomic E-state index is 12.4. The number of phenolic OH excluding ortho intramolecular Hbond substituents is 1. The Balaban J connectivity index is 1.84. The van der Waals surface area contributed by atoms with E-state index in [1.54, 1.807) is 24.3 Å². The van der Waals surface area contributed by atoms with Crippen molar-refractivity contribution in [3.63, 3.8) is 0 Å². The van der Waals surface area contributed by atoms with E-state index in [2.05, 4.69) is 15.3 Å². The van der Waals surface area contributed by atoms with Crippen molar-refractivity contribution in [2.24, 2.45) is 16.5 Å². The van der Waals surface area contributed by atoms with Crippen molar-refractivity contribution in [3.05, 3.63) is 60.3 Å². The molecule has 0 unspecified atom stereocenters. The van der Waals surface area contributed by atoms with Crippen LogP contribution < -0.4 is 16.8 Å². The summed E-state index contributed by atoms with van der Waals surface area (Å²) in [5.74, 6) is -0.284. The van der Waals surface area contributed by atoms with Gasteiger partial charge in [-0.25, -0.2) is 4.98 Å². The third-order valence-electron chi connectivity index (χ3n) is 3.36. The van der Waals surface area contributed by atoms with Gasteiger partial charge in [-0.15, -0.1) is 0 Å². The molecule has 0 bridgehead atoms. The number of rotatable bonds is 3. The van der Waals surface area contributed by atoms with Gasteiger partial charge in [0.1, 0.15) is 5.75 Å². The van der Waals surface area contributed by atoms with Gasteiger partial charge < -0.3 is 21.9 Å². The first-order chi connectivity index (χ1) is 11.5. The van der Waals surface area contributed by atoms with Crippen LogP contribution in [0.4, 0.5) is 11.5 Å². The highest BCUT2D eigenvalue weighted by molar-refractivity contribution is 6.08. The van der Waals surface area contributed by atoms with Crippen LogP contribution in [-0.2, 0) is 0 Å². The van der Waals surface area contributed by atoms with E-state index >= 15 is 0 Å². The van der Waals surface area contributed by atoms with E-state index in [-0.39, 0.29) is 17.3 Å². The molecule has 0 atom stereocenters. The van der Waals surface area contributed by atoms with Gasteiger partial charge in [-0.1, -0.05) is 24.3 Å². The molecule has 120 valence electrons. The second-order valence-corrected chi connectivity index (χ2v) is 5.11. The average Bonchev–Trinajstić information content (AvgIpc) is 2.55. The number of pyridine rings is 1. The molecule has 1 aromatic heterocycles. The number of guanidine groups is 1. The normalized spacial score (nSPS) is 10.3. The minimum absolute atomic E-state index is 0.0868. The molecule has 0 spiro atoms. The Morgan fingerprint density at radius 1 is 1.08 bits per heavy atom. The van der Waals surface area contributed by atoms with Gasteiger partial charge >= 0.3 is 0 Å². The van der Waals surface area contributed by atoms with Crippen molar-refractivity contribution in [1.82, 2.24) is 4.98 Å². The van der Waals surface area contributed by atoms with Crippen molar-refractivity contribution in [3.8, 4) is 5.75 Å². The first-order valence-corrected chi connectivity index (χ1v) is 7.12. The van der Waals surface area contributed by atoms with Crippen LogP contribution in [0.25, 0.3) is 10.8 Å². The van der Waals surface area contributed by atoms with Gasteiger partial charge in [-0.05, 0) is 35.0 Å². The minimum atomic E-state index is -0.436. The largest absolute Gasteiger partial charge is 0.507 e. The molecular formula is C17H15N5O2. The Morgan fingerprint density at radius 2 is 1.79 bits per heavy atom. The quantitative estimate of drug-likeness (QED) is 0.434. The predicted molar refractivity (Wildman–Crippen MR) is 93.3 cm³/mol. The number of nitrogens with zero attached hydrogens (tertiary/aromatic N) is 2. The van der Waals surface area contributed by atoms with Crippen molar-refractivity contribution < 1.29 is 9.90 Å². The molecule has 0 radical (unpaired) electrons. The minimum Gasteiger partial charge on any atom is -0.507 e. The second kappa shape index (κ2) is 6.25. The summed E-state index contributed by atoms with van der Waals surface area (Å²) >= 11 is 0. The summed E-state index contributed by atoms with van der Waals surface area (Å²) in [7, 11) is 0. The number of nitrogens with two attached hydrogens (primary N) is 2. The standard InChI is InChI=1S/C17H15N5O2/c18-17(19)22-15-6-5-12(9-20-15)21-16(24)13-7-10-3-1-2-4-11(10)8-14(13)23/h1-9,23H,(H,21,24)(H4,18,19,20,22). The summed E-state index contributed by atoms with van der Waals surface area (Å²) in [6.45, 7) is 0. The summed E-state index contributed by atoms with van der Waals surface area (Å²) < 4.78 is 0. The molecule has 0 fully saturated rings. The van der Waals surface area contributed by atoms with Gasteiger partial charge in [0, 0.05) is 0 Å². The Kier molecular flexibility index (Phi) is 3.98. The Bertz CT molecular complexity index is 931. The first-order valence-electron chi connectivity index (χ1n) is 7.12. The van der Waals surface area contributed by atoms with E-state index in [4.69, 9.17) is 11.5 Å². The zero-order chi connectivity index (χ0) is 17.1. The molecule has 7 heteroatoms. The SMILES string of the molecule is NC(N)=Nc1ccc(NC(=O)c2cc3ccccc3cc2O)cn1. The molecule has 0 saturated heterocycles. The Morgan fingerprint density at radius 3 is 2.42 bits per heavy atom. The molecule has 0 saturated carbocycles. The maximum absolute atomic E-state index is 12.4. The molecule has 1 amide bonds. The lowest BCUT2D eigenvalue weighted by atomic mass is 10.1. The number of fused-ring (bicyclic) bond motifs is 1. The van der Waals surface area contributed by atoms with Gasteiger partial charge in [0.25, 0.3) is 5.91 Å². The van der Waals surface area contributed by atoms with E-state index in [0.29, 0.717) is 11.5 Å². The molecule has 6 N–H and O–H groups in total. The number of phenols is 1. The van der Waals surface area contributed by atoms with Crippen molar-refractivity contribution in [1.29, 1.82) is 0 Å². The molecule has 0 aliphatic rings. The number of carbonyl (C=O) groups is 1. The number of aromatic nitrogens is 1. The van der Waals surface area contributed by atoms with Crippen molar-refractivity contribution in [2.75, 3.05) is 5.32 Å². The van der Waals surface area contributed by atoms with E-state index < -0.39 is 5.91 Å². The Hall–Kier alpha value is -3.61. The number of nitrogens with one attached hydrogen (secondary N) is 1. The van der Waals surface area contributed by atoms with Crippen LogP contribution >= 0.6 is 0 Å². The highest BCUT2D eigenvalue weighted by atomic mass is 16.3. The molecule has 24 heavy (non-hydrogen) atoms. The summed E-state index contributed by atoms with van der Waals surface area (Å²) in [5, 5.41) is 14.5. The maximum Gasteiger partial charge on any atom is 0.259 e. The first kappa shape index (κ1) is 15.3.